The Labute approximate surface area is 153 Å². The van der Waals surface area contributed by atoms with Crippen molar-refractivity contribution in [2.45, 2.75) is 32.7 Å². The second-order valence-electron chi connectivity index (χ2n) is 6.60. The SMILES string of the molecule is CCOc1ccc(NC(=O)C2(C(=O)NC(C)c3ccccc3)CC2)cc1. The Bertz CT molecular complexity index is 768. The minimum Gasteiger partial charge on any atom is -0.494 e. The van der Waals surface area contributed by atoms with Gasteiger partial charge in [-0.25, -0.2) is 0 Å². The van der Waals surface area contributed by atoms with Crippen molar-refractivity contribution in [3.05, 3.63) is 60.2 Å². The Morgan fingerprint density at radius 3 is 2.27 bits per heavy atom. The second-order valence-corrected chi connectivity index (χ2v) is 6.60. The predicted octanol–water partition coefficient (Wildman–Crippen LogP) is 3.68. The Hall–Kier alpha value is -2.82. The van der Waals surface area contributed by atoms with Gasteiger partial charge in [-0.1, -0.05) is 30.3 Å². The number of carbonyl (C=O) groups excluding carboxylic acids is 2. The molecule has 0 aromatic heterocycles. The minimum atomic E-state index is -0.957. The fourth-order valence-electron chi connectivity index (χ4n) is 2.89. The minimum absolute atomic E-state index is 0.139. The van der Waals surface area contributed by atoms with Crippen molar-refractivity contribution < 1.29 is 14.3 Å². The van der Waals surface area contributed by atoms with Gasteiger partial charge in [-0.15, -0.1) is 0 Å². The highest BCUT2D eigenvalue weighted by molar-refractivity contribution is 6.13. The van der Waals surface area contributed by atoms with Gasteiger partial charge in [0.25, 0.3) is 0 Å². The third-order valence-corrected chi connectivity index (χ3v) is 4.69. The Morgan fingerprint density at radius 1 is 1.04 bits per heavy atom. The summed E-state index contributed by atoms with van der Waals surface area (Å²) in [6, 6.07) is 16.8. The molecule has 5 heteroatoms. The lowest BCUT2D eigenvalue weighted by atomic mass is 10.0. The summed E-state index contributed by atoms with van der Waals surface area (Å²) in [5.74, 6) is 0.290. The van der Waals surface area contributed by atoms with Crippen LogP contribution in [0.4, 0.5) is 5.69 Å². The number of carbonyl (C=O) groups is 2. The zero-order chi connectivity index (χ0) is 18.6. The van der Waals surface area contributed by atoms with E-state index in [1.165, 1.54) is 0 Å². The molecule has 1 aliphatic rings. The van der Waals surface area contributed by atoms with E-state index in [2.05, 4.69) is 10.6 Å². The first-order valence-corrected chi connectivity index (χ1v) is 8.95. The number of hydrogen-bond acceptors (Lipinski definition) is 3. The average Bonchev–Trinajstić information content (AvgIpc) is 3.46. The van der Waals surface area contributed by atoms with Crippen molar-refractivity contribution >= 4 is 17.5 Å². The van der Waals surface area contributed by atoms with E-state index < -0.39 is 5.41 Å². The Balaban J connectivity index is 1.62. The van der Waals surface area contributed by atoms with Gasteiger partial charge in [0.2, 0.25) is 11.8 Å². The number of amides is 2. The van der Waals surface area contributed by atoms with Gasteiger partial charge < -0.3 is 15.4 Å². The van der Waals surface area contributed by atoms with Gasteiger partial charge in [0.05, 0.1) is 12.6 Å². The summed E-state index contributed by atoms with van der Waals surface area (Å²) in [5, 5.41) is 5.82. The molecule has 0 heterocycles. The molecular weight excluding hydrogens is 328 g/mol. The zero-order valence-corrected chi connectivity index (χ0v) is 15.1. The summed E-state index contributed by atoms with van der Waals surface area (Å²) in [5.41, 5.74) is 0.721. The van der Waals surface area contributed by atoms with E-state index in [-0.39, 0.29) is 17.9 Å². The monoisotopic (exact) mass is 352 g/mol. The molecule has 0 aliphatic heterocycles. The van der Waals surface area contributed by atoms with E-state index in [4.69, 9.17) is 4.74 Å². The van der Waals surface area contributed by atoms with Crippen LogP contribution in [0.3, 0.4) is 0 Å². The Kier molecular flexibility index (Phi) is 5.26. The van der Waals surface area contributed by atoms with Crippen LogP contribution < -0.4 is 15.4 Å². The number of hydrogen-bond donors (Lipinski definition) is 2. The molecule has 1 unspecified atom stereocenters. The molecule has 1 saturated carbocycles. The standard InChI is InChI=1S/C21H24N2O3/c1-3-26-18-11-9-17(10-12-18)23-20(25)21(13-14-21)19(24)22-15(2)16-7-5-4-6-8-16/h4-12,15H,3,13-14H2,1-2H3,(H,22,24)(H,23,25). The first-order chi connectivity index (χ1) is 12.5. The zero-order valence-electron chi connectivity index (χ0n) is 15.1. The molecule has 2 N–H and O–H groups in total. The summed E-state index contributed by atoms with van der Waals surface area (Å²) < 4.78 is 5.39. The first kappa shape index (κ1) is 18.0. The molecule has 0 radical (unpaired) electrons. The van der Waals surface area contributed by atoms with Gasteiger partial charge in [0.15, 0.2) is 0 Å². The molecule has 0 saturated heterocycles. The van der Waals surface area contributed by atoms with Crippen LogP contribution in [0, 0.1) is 5.41 Å². The maximum atomic E-state index is 12.7. The van der Waals surface area contributed by atoms with Crippen LogP contribution >= 0.6 is 0 Å². The third kappa shape index (κ3) is 3.87. The normalized spacial score (nSPS) is 15.6. The lowest BCUT2D eigenvalue weighted by Gasteiger charge is -2.20. The summed E-state index contributed by atoms with van der Waals surface area (Å²) in [6.07, 6.45) is 1.15. The smallest absolute Gasteiger partial charge is 0.240 e. The lowest BCUT2D eigenvalue weighted by Crippen LogP contribution is -2.41. The number of rotatable bonds is 7. The van der Waals surface area contributed by atoms with Crippen LogP contribution in [0.15, 0.2) is 54.6 Å². The predicted molar refractivity (Wildman–Crippen MR) is 101 cm³/mol. The van der Waals surface area contributed by atoms with Crippen LogP contribution in [0.25, 0.3) is 0 Å². The number of anilines is 1. The largest absolute Gasteiger partial charge is 0.494 e. The molecule has 2 aromatic rings. The van der Waals surface area contributed by atoms with Crippen molar-refractivity contribution in [1.82, 2.24) is 5.32 Å². The highest BCUT2D eigenvalue weighted by atomic mass is 16.5. The molecule has 0 bridgehead atoms. The number of nitrogens with one attached hydrogen (secondary N) is 2. The van der Waals surface area contributed by atoms with Crippen molar-refractivity contribution in [3.8, 4) is 5.75 Å². The molecule has 26 heavy (non-hydrogen) atoms. The summed E-state index contributed by atoms with van der Waals surface area (Å²) >= 11 is 0. The number of benzene rings is 2. The molecule has 2 aromatic carbocycles. The van der Waals surface area contributed by atoms with Gasteiger partial charge in [0, 0.05) is 5.69 Å². The van der Waals surface area contributed by atoms with E-state index in [0.717, 1.165) is 11.3 Å². The van der Waals surface area contributed by atoms with E-state index in [1.807, 2.05) is 44.2 Å². The van der Waals surface area contributed by atoms with Crippen LogP contribution in [0.2, 0.25) is 0 Å². The van der Waals surface area contributed by atoms with Gasteiger partial charge >= 0.3 is 0 Å². The van der Waals surface area contributed by atoms with Crippen LogP contribution in [0.5, 0.6) is 5.75 Å². The van der Waals surface area contributed by atoms with Crippen molar-refractivity contribution in [2.75, 3.05) is 11.9 Å². The topological polar surface area (TPSA) is 67.4 Å². The van der Waals surface area contributed by atoms with Crippen LogP contribution in [-0.4, -0.2) is 18.4 Å². The summed E-state index contributed by atoms with van der Waals surface area (Å²) in [7, 11) is 0. The molecular formula is C21H24N2O3. The van der Waals surface area contributed by atoms with Gasteiger partial charge in [-0.3, -0.25) is 9.59 Å². The fourth-order valence-corrected chi connectivity index (χ4v) is 2.89. The van der Waals surface area contributed by atoms with Gasteiger partial charge in [0.1, 0.15) is 11.2 Å². The van der Waals surface area contributed by atoms with Gasteiger partial charge in [-0.2, -0.15) is 0 Å². The van der Waals surface area contributed by atoms with E-state index >= 15 is 0 Å². The van der Waals surface area contributed by atoms with Crippen molar-refractivity contribution in [1.29, 1.82) is 0 Å². The van der Waals surface area contributed by atoms with E-state index in [0.29, 0.717) is 25.1 Å². The highest BCUT2D eigenvalue weighted by Gasteiger charge is 2.56. The lowest BCUT2D eigenvalue weighted by molar-refractivity contribution is -0.134. The fraction of sp³-hybridized carbons (Fsp3) is 0.333. The molecule has 5 nitrogen and oxygen atoms in total. The van der Waals surface area contributed by atoms with Crippen molar-refractivity contribution in [3.63, 3.8) is 0 Å². The summed E-state index contributed by atoms with van der Waals surface area (Å²) in [6.45, 7) is 4.43. The quantitative estimate of drug-likeness (QED) is 0.747. The van der Waals surface area contributed by atoms with Crippen molar-refractivity contribution in [2.24, 2.45) is 5.41 Å². The third-order valence-electron chi connectivity index (χ3n) is 4.69. The molecule has 2 amide bonds. The van der Waals surface area contributed by atoms with Crippen LogP contribution in [-0.2, 0) is 9.59 Å². The molecule has 1 aliphatic carbocycles. The molecule has 3 rings (SSSR count). The molecule has 1 fully saturated rings. The van der Waals surface area contributed by atoms with Crippen LogP contribution in [0.1, 0.15) is 38.3 Å². The van der Waals surface area contributed by atoms with Gasteiger partial charge in [-0.05, 0) is 56.5 Å². The average molecular weight is 352 g/mol. The maximum absolute atomic E-state index is 12.7. The molecule has 136 valence electrons. The Morgan fingerprint density at radius 2 is 1.69 bits per heavy atom. The maximum Gasteiger partial charge on any atom is 0.240 e. The van der Waals surface area contributed by atoms with E-state index in [1.54, 1.807) is 24.3 Å². The molecule has 1 atom stereocenters. The second kappa shape index (κ2) is 7.60. The summed E-state index contributed by atoms with van der Waals surface area (Å²) in [4.78, 5) is 25.4. The molecule has 0 spiro atoms. The highest BCUT2D eigenvalue weighted by Crippen LogP contribution is 2.47. The first-order valence-electron chi connectivity index (χ1n) is 8.95. The number of ether oxygens (including phenoxy) is 1. The van der Waals surface area contributed by atoms with E-state index in [9.17, 15) is 9.59 Å².